The van der Waals surface area contributed by atoms with Gasteiger partial charge in [-0.2, -0.15) is 0 Å². The Hall–Kier alpha value is -1.09. The summed E-state index contributed by atoms with van der Waals surface area (Å²) in [5, 5.41) is 0.598. The zero-order chi connectivity index (χ0) is 8.72. The molecule has 1 aliphatic carbocycles. The fraction of sp³-hybridized carbons (Fsp3) is 0.250. The predicted octanol–water partition coefficient (Wildman–Crippen LogP) is 1.28. The fourth-order valence-electron chi connectivity index (χ4n) is 1.29. The van der Waals surface area contributed by atoms with Crippen molar-refractivity contribution in [2.24, 2.45) is 0 Å². The second-order valence-corrected chi connectivity index (χ2v) is 3.15. The molecule has 0 spiro atoms. The van der Waals surface area contributed by atoms with Crippen LogP contribution in [-0.4, -0.2) is 11.9 Å². The number of cyclic esters (lactones) is 2. The van der Waals surface area contributed by atoms with E-state index >= 15 is 0 Å². The normalized spacial score (nSPS) is 22.2. The minimum Gasteiger partial charge on any atom is -0.386 e. The van der Waals surface area contributed by atoms with Crippen LogP contribution in [0.1, 0.15) is 12.8 Å². The molecule has 0 unspecified atom stereocenters. The number of ether oxygens (including phenoxy) is 1. The number of allylic oxidation sites excluding steroid dienone is 2. The van der Waals surface area contributed by atoms with Gasteiger partial charge in [0, 0.05) is 11.5 Å². The maximum atomic E-state index is 11.0. The van der Waals surface area contributed by atoms with Gasteiger partial charge in [0.1, 0.15) is 0 Å². The standard InChI is InChI=1S/C8H5ClO3/c9-4-1-2-5-6(3-4)8(11)12-7(5)10/h1H,2-3H2. The van der Waals surface area contributed by atoms with E-state index in [0.29, 0.717) is 29.0 Å². The van der Waals surface area contributed by atoms with Gasteiger partial charge >= 0.3 is 11.9 Å². The van der Waals surface area contributed by atoms with Gasteiger partial charge in [0.15, 0.2) is 0 Å². The monoisotopic (exact) mass is 184 g/mol. The van der Waals surface area contributed by atoms with Crippen LogP contribution in [0.2, 0.25) is 0 Å². The maximum Gasteiger partial charge on any atom is 0.342 e. The topological polar surface area (TPSA) is 43.4 Å². The number of esters is 2. The number of carbonyl (C=O) groups excluding carboxylic acids is 2. The van der Waals surface area contributed by atoms with E-state index in [0.717, 1.165) is 0 Å². The summed E-state index contributed by atoms with van der Waals surface area (Å²) in [4.78, 5) is 21.9. The van der Waals surface area contributed by atoms with E-state index in [1.165, 1.54) is 0 Å². The SMILES string of the molecule is O=C1OC(=O)C2=C1CC=C(Cl)C2. The molecule has 62 valence electrons. The second-order valence-electron chi connectivity index (χ2n) is 2.67. The number of halogens is 1. The van der Waals surface area contributed by atoms with Crippen LogP contribution in [0.3, 0.4) is 0 Å². The number of hydrogen-bond donors (Lipinski definition) is 0. The summed E-state index contributed by atoms with van der Waals surface area (Å²) in [5.41, 5.74) is 0.886. The molecule has 0 aromatic carbocycles. The van der Waals surface area contributed by atoms with Crippen LogP contribution in [0.15, 0.2) is 22.3 Å². The molecule has 0 aromatic rings. The minimum absolute atomic E-state index is 0.335. The smallest absolute Gasteiger partial charge is 0.342 e. The van der Waals surface area contributed by atoms with Gasteiger partial charge in [-0.25, -0.2) is 9.59 Å². The molecule has 1 heterocycles. The summed E-state index contributed by atoms with van der Waals surface area (Å²) in [6.45, 7) is 0. The summed E-state index contributed by atoms with van der Waals surface area (Å²) in [6.07, 6.45) is 2.47. The highest BCUT2D eigenvalue weighted by molar-refractivity contribution is 6.30. The van der Waals surface area contributed by atoms with Crippen molar-refractivity contribution in [2.45, 2.75) is 12.8 Å². The van der Waals surface area contributed by atoms with Crippen molar-refractivity contribution in [3.63, 3.8) is 0 Å². The quantitative estimate of drug-likeness (QED) is 0.421. The first-order chi connectivity index (χ1) is 5.68. The highest BCUT2D eigenvalue weighted by atomic mass is 35.5. The molecular weight excluding hydrogens is 180 g/mol. The third-order valence-electron chi connectivity index (χ3n) is 1.92. The van der Waals surface area contributed by atoms with Crippen LogP contribution in [-0.2, 0) is 14.3 Å². The van der Waals surface area contributed by atoms with Crippen molar-refractivity contribution in [1.29, 1.82) is 0 Å². The second kappa shape index (κ2) is 2.45. The van der Waals surface area contributed by atoms with Crippen LogP contribution >= 0.6 is 11.6 Å². The first-order valence-corrected chi connectivity index (χ1v) is 3.89. The van der Waals surface area contributed by atoms with Crippen LogP contribution in [0.4, 0.5) is 0 Å². The molecule has 0 saturated carbocycles. The summed E-state index contributed by atoms with van der Waals surface area (Å²) in [6, 6.07) is 0. The Kier molecular flexibility index (Phi) is 1.54. The lowest BCUT2D eigenvalue weighted by Crippen LogP contribution is -2.01. The molecule has 0 atom stereocenters. The first-order valence-electron chi connectivity index (χ1n) is 3.51. The number of carbonyl (C=O) groups is 2. The molecule has 2 aliphatic rings. The van der Waals surface area contributed by atoms with Gasteiger partial charge in [0.2, 0.25) is 0 Å². The Balaban J connectivity index is 2.38. The van der Waals surface area contributed by atoms with E-state index in [4.69, 9.17) is 11.6 Å². The molecule has 0 bridgehead atoms. The van der Waals surface area contributed by atoms with Crippen LogP contribution in [0.25, 0.3) is 0 Å². The molecular formula is C8H5ClO3. The largest absolute Gasteiger partial charge is 0.386 e. The average molecular weight is 185 g/mol. The van der Waals surface area contributed by atoms with Crippen LogP contribution in [0, 0.1) is 0 Å². The van der Waals surface area contributed by atoms with Crippen LogP contribution < -0.4 is 0 Å². The van der Waals surface area contributed by atoms with E-state index in [1.54, 1.807) is 6.08 Å². The first kappa shape index (κ1) is 7.55. The van der Waals surface area contributed by atoms with E-state index in [9.17, 15) is 9.59 Å². The Morgan fingerprint density at radius 1 is 1.25 bits per heavy atom. The van der Waals surface area contributed by atoms with E-state index in [2.05, 4.69) is 4.74 Å². The molecule has 4 heteroatoms. The molecule has 1 aliphatic heterocycles. The Morgan fingerprint density at radius 3 is 2.67 bits per heavy atom. The lowest BCUT2D eigenvalue weighted by atomic mass is 9.99. The van der Waals surface area contributed by atoms with Crippen LogP contribution in [0.5, 0.6) is 0 Å². The summed E-state index contributed by atoms with van der Waals surface area (Å²) < 4.78 is 4.41. The maximum absolute atomic E-state index is 11.0. The van der Waals surface area contributed by atoms with Crippen molar-refractivity contribution in [2.75, 3.05) is 0 Å². The molecule has 3 nitrogen and oxygen atoms in total. The summed E-state index contributed by atoms with van der Waals surface area (Å²) >= 11 is 5.70. The zero-order valence-electron chi connectivity index (χ0n) is 6.09. The van der Waals surface area contributed by atoms with Gasteiger partial charge in [-0.05, 0) is 6.42 Å². The van der Waals surface area contributed by atoms with Crippen molar-refractivity contribution in [3.8, 4) is 0 Å². The van der Waals surface area contributed by atoms with Gasteiger partial charge in [-0.3, -0.25) is 0 Å². The molecule has 0 aromatic heterocycles. The average Bonchev–Trinajstić information content (AvgIpc) is 2.28. The summed E-state index contributed by atoms with van der Waals surface area (Å²) in [5.74, 6) is -1.06. The van der Waals surface area contributed by atoms with Gasteiger partial charge in [0.05, 0.1) is 11.1 Å². The Bertz CT molecular complexity index is 338. The van der Waals surface area contributed by atoms with Crippen molar-refractivity contribution in [3.05, 3.63) is 22.3 Å². The van der Waals surface area contributed by atoms with Gasteiger partial charge in [-0.1, -0.05) is 17.7 Å². The van der Waals surface area contributed by atoms with Gasteiger partial charge in [0.25, 0.3) is 0 Å². The number of hydrogen-bond acceptors (Lipinski definition) is 3. The Labute approximate surface area is 73.6 Å². The molecule has 0 N–H and O–H groups in total. The van der Waals surface area contributed by atoms with Crippen molar-refractivity contribution in [1.82, 2.24) is 0 Å². The lowest BCUT2D eigenvalue weighted by Gasteiger charge is -2.04. The molecule has 0 amide bonds. The molecule has 12 heavy (non-hydrogen) atoms. The highest BCUT2D eigenvalue weighted by Crippen LogP contribution is 2.32. The predicted molar refractivity (Wildman–Crippen MR) is 41.3 cm³/mol. The van der Waals surface area contributed by atoms with E-state index < -0.39 is 11.9 Å². The third kappa shape index (κ3) is 0.975. The summed E-state index contributed by atoms with van der Waals surface area (Å²) in [7, 11) is 0. The molecule has 2 rings (SSSR count). The third-order valence-corrected chi connectivity index (χ3v) is 2.20. The fourth-order valence-corrected chi connectivity index (χ4v) is 1.50. The minimum atomic E-state index is -0.541. The highest BCUT2D eigenvalue weighted by Gasteiger charge is 2.33. The van der Waals surface area contributed by atoms with Crippen molar-refractivity contribution < 1.29 is 14.3 Å². The van der Waals surface area contributed by atoms with E-state index in [1.807, 2.05) is 0 Å². The number of rotatable bonds is 0. The molecule has 0 radical (unpaired) electrons. The Morgan fingerprint density at radius 2 is 1.92 bits per heavy atom. The van der Waals surface area contributed by atoms with Gasteiger partial charge < -0.3 is 4.74 Å². The molecule has 0 fully saturated rings. The van der Waals surface area contributed by atoms with E-state index in [-0.39, 0.29) is 0 Å². The lowest BCUT2D eigenvalue weighted by molar-refractivity contribution is -0.151. The van der Waals surface area contributed by atoms with Gasteiger partial charge in [-0.15, -0.1) is 0 Å². The van der Waals surface area contributed by atoms with Crippen molar-refractivity contribution >= 4 is 23.5 Å². The zero-order valence-corrected chi connectivity index (χ0v) is 6.85. The molecule has 0 saturated heterocycles.